The first-order valence-corrected chi connectivity index (χ1v) is 6.61. The van der Waals surface area contributed by atoms with Gasteiger partial charge in [-0.2, -0.15) is 0 Å². The molecule has 1 rings (SSSR count). The van der Waals surface area contributed by atoms with Gasteiger partial charge in [0.2, 0.25) is 0 Å². The highest BCUT2D eigenvalue weighted by Crippen LogP contribution is 2.23. The highest BCUT2D eigenvalue weighted by molar-refractivity contribution is 6.30. The zero-order chi connectivity index (χ0) is 13.8. The molecule has 0 saturated carbocycles. The molecule has 18 heavy (non-hydrogen) atoms. The predicted octanol–water partition coefficient (Wildman–Crippen LogP) is 3.63. The van der Waals surface area contributed by atoms with Crippen LogP contribution < -0.4 is 5.32 Å². The molecule has 0 spiro atoms. The van der Waals surface area contributed by atoms with E-state index >= 15 is 0 Å². The van der Waals surface area contributed by atoms with Gasteiger partial charge in [-0.05, 0) is 45.4 Å². The molecule has 0 radical (unpaired) electrons. The van der Waals surface area contributed by atoms with Crippen molar-refractivity contribution in [3.63, 3.8) is 0 Å². The van der Waals surface area contributed by atoms with E-state index in [4.69, 9.17) is 11.6 Å². The number of carbonyl (C=O) groups excluding carboxylic acids is 1. The van der Waals surface area contributed by atoms with Gasteiger partial charge in [0.05, 0.1) is 5.54 Å². The lowest BCUT2D eigenvalue weighted by atomic mass is 9.94. The second-order valence-corrected chi connectivity index (χ2v) is 5.17. The number of nitrogens with one attached hydrogen (secondary N) is 1. The van der Waals surface area contributed by atoms with Gasteiger partial charge < -0.3 is 10.2 Å². The van der Waals surface area contributed by atoms with E-state index in [0.717, 1.165) is 5.56 Å². The molecule has 1 aromatic rings. The average molecular weight is 269 g/mol. The molecule has 2 amide bonds. The van der Waals surface area contributed by atoms with Crippen LogP contribution >= 0.6 is 11.6 Å². The number of rotatable bonds is 4. The number of amides is 2. The van der Waals surface area contributed by atoms with Gasteiger partial charge in [-0.15, -0.1) is 0 Å². The first-order chi connectivity index (χ1) is 8.40. The lowest BCUT2D eigenvalue weighted by molar-refractivity contribution is 0.192. The molecule has 0 aliphatic heterocycles. The molecular formula is C14H21ClN2O. The molecule has 0 aliphatic carbocycles. The molecule has 0 unspecified atom stereocenters. The monoisotopic (exact) mass is 268 g/mol. The Morgan fingerprint density at radius 1 is 1.33 bits per heavy atom. The van der Waals surface area contributed by atoms with Gasteiger partial charge in [0.15, 0.2) is 0 Å². The summed E-state index contributed by atoms with van der Waals surface area (Å²) >= 11 is 5.98. The van der Waals surface area contributed by atoms with Gasteiger partial charge in [-0.25, -0.2) is 4.79 Å². The maximum absolute atomic E-state index is 12.1. The SMILES string of the molecule is CCN(CC)C(=O)NC(C)(C)c1cccc(Cl)c1. The molecular weight excluding hydrogens is 248 g/mol. The van der Waals surface area contributed by atoms with Crippen molar-refractivity contribution in [3.05, 3.63) is 34.9 Å². The first-order valence-electron chi connectivity index (χ1n) is 6.23. The van der Waals surface area contributed by atoms with Crippen LogP contribution in [0.5, 0.6) is 0 Å². The lowest BCUT2D eigenvalue weighted by Crippen LogP contribution is -2.48. The van der Waals surface area contributed by atoms with Crippen molar-refractivity contribution in [2.24, 2.45) is 0 Å². The van der Waals surface area contributed by atoms with Crippen LogP contribution in [0.4, 0.5) is 4.79 Å². The van der Waals surface area contributed by atoms with Crippen molar-refractivity contribution in [2.45, 2.75) is 33.2 Å². The summed E-state index contributed by atoms with van der Waals surface area (Å²) < 4.78 is 0. The minimum Gasteiger partial charge on any atom is -0.329 e. The maximum atomic E-state index is 12.1. The van der Waals surface area contributed by atoms with Gasteiger partial charge in [0.25, 0.3) is 0 Å². The topological polar surface area (TPSA) is 32.3 Å². The second-order valence-electron chi connectivity index (χ2n) is 4.74. The molecule has 0 fully saturated rings. The van der Waals surface area contributed by atoms with Crippen molar-refractivity contribution >= 4 is 17.6 Å². The molecule has 1 N–H and O–H groups in total. The number of hydrogen-bond acceptors (Lipinski definition) is 1. The van der Waals surface area contributed by atoms with Gasteiger partial charge >= 0.3 is 6.03 Å². The van der Waals surface area contributed by atoms with Crippen LogP contribution in [-0.2, 0) is 5.54 Å². The molecule has 0 aliphatic rings. The summed E-state index contributed by atoms with van der Waals surface area (Å²) in [5.74, 6) is 0. The maximum Gasteiger partial charge on any atom is 0.318 e. The largest absolute Gasteiger partial charge is 0.329 e. The summed E-state index contributed by atoms with van der Waals surface area (Å²) in [7, 11) is 0. The molecule has 0 aromatic heterocycles. The fourth-order valence-corrected chi connectivity index (χ4v) is 2.00. The van der Waals surface area contributed by atoms with Gasteiger partial charge in [0, 0.05) is 18.1 Å². The molecule has 0 bridgehead atoms. The van der Waals surface area contributed by atoms with E-state index in [1.807, 2.05) is 52.0 Å². The van der Waals surface area contributed by atoms with Crippen LogP contribution in [0.2, 0.25) is 5.02 Å². The third kappa shape index (κ3) is 3.64. The van der Waals surface area contributed by atoms with E-state index in [9.17, 15) is 4.79 Å². The Bertz CT molecular complexity index is 414. The second kappa shape index (κ2) is 6.10. The summed E-state index contributed by atoms with van der Waals surface area (Å²) in [4.78, 5) is 13.8. The molecule has 0 atom stereocenters. The number of hydrogen-bond donors (Lipinski definition) is 1. The highest BCUT2D eigenvalue weighted by atomic mass is 35.5. The van der Waals surface area contributed by atoms with E-state index in [-0.39, 0.29) is 6.03 Å². The van der Waals surface area contributed by atoms with E-state index in [0.29, 0.717) is 18.1 Å². The van der Waals surface area contributed by atoms with Crippen molar-refractivity contribution in [3.8, 4) is 0 Å². The Labute approximate surface area is 114 Å². The molecule has 3 nitrogen and oxygen atoms in total. The Kier molecular flexibility index (Phi) is 5.03. The third-order valence-electron chi connectivity index (χ3n) is 3.02. The van der Waals surface area contributed by atoms with Crippen LogP contribution in [0.1, 0.15) is 33.3 Å². The summed E-state index contributed by atoms with van der Waals surface area (Å²) in [6.45, 7) is 9.28. The summed E-state index contributed by atoms with van der Waals surface area (Å²) in [5, 5.41) is 3.71. The van der Waals surface area contributed by atoms with Crippen LogP contribution in [-0.4, -0.2) is 24.0 Å². The Balaban J connectivity index is 2.84. The lowest BCUT2D eigenvalue weighted by Gasteiger charge is -2.30. The van der Waals surface area contributed by atoms with Crippen LogP contribution in [0.15, 0.2) is 24.3 Å². The number of urea groups is 1. The van der Waals surface area contributed by atoms with Gasteiger partial charge in [0.1, 0.15) is 0 Å². The summed E-state index contributed by atoms with van der Waals surface area (Å²) in [6.07, 6.45) is 0. The Morgan fingerprint density at radius 3 is 2.44 bits per heavy atom. The minimum absolute atomic E-state index is 0.0509. The standard InChI is InChI=1S/C14H21ClN2O/c1-5-17(6-2)13(18)16-14(3,4)11-8-7-9-12(15)10-11/h7-10H,5-6H2,1-4H3,(H,16,18). The molecule has 100 valence electrons. The number of halogens is 1. The normalized spacial score (nSPS) is 11.2. The van der Waals surface area contributed by atoms with E-state index in [1.54, 1.807) is 4.90 Å². The van der Waals surface area contributed by atoms with Crippen molar-refractivity contribution in [2.75, 3.05) is 13.1 Å². The van der Waals surface area contributed by atoms with Gasteiger partial charge in [-0.3, -0.25) is 0 Å². The Morgan fingerprint density at radius 2 is 1.94 bits per heavy atom. The van der Waals surface area contributed by atoms with E-state index in [1.165, 1.54) is 0 Å². The zero-order valence-corrected chi connectivity index (χ0v) is 12.2. The van der Waals surface area contributed by atoms with E-state index in [2.05, 4.69) is 5.32 Å². The summed E-state index contributed by atoms with van der Waals surface area (Å²) in [6, 6.07) is 7.51. The van der Waals surface area contributed by atoms with Crippen molar-refractivity contribution in [1.82, 2.24) is 10.2 Å². The first kappa shape index (κ1) is 14.8. The fourth-order valence-electron chi connectivity index (χ4n) is 1.81. The van der Waals surface area contributed by atoms with E-state index < -0.39 is 5.54 Å². The third-order valence-corrected chi connectivity index (χ3v) is 3.25. The van der Waals surface area contributed by atoms with Crippen molar-refractivity contribution in [1.29, 1.82) is 0 Å². The van der Waals surface area contributed by atoms with Gasteiger partial charge in [-0.1, -0.05) is 23.7 Å². The number of benzene rings is 1. The molecule has 0 heterocycles. The quantitative estimate of drug-likeness (QED) is 0.889. The van der Waals surface area contributed by atoms with Crippen molar-refractivity contribution < 1.29 is 4.79 Å². The fraction of sp³-hybridized carbons (Fsp3) is 0.500. The highest BCUT2D eigenvalue weighted by Gasteiger charge is 2.24. The Hall–Kier alpha value is -1.22. The van der Waals surface area contributed by atoms with Crippen LogP contribution in [0.3, 0.4) is 0 Å². The predicted molar refractivity (Wildman–Crippen MR) is 75.9 cm³/mol. The number of carbonyl (C=O) groups is 1. The minimum atomic E-state index is -0.440. The number of nitrogens with zero attached hydrogens (tertiary/aromatic N) is 1. The van der Waals surface area contributed by atoms with Crippen LogP contribution in [0, 0.1) is 0 Å². The molecule has 1 aromatic carbocycles. The van der Waals surface area contributed by atoms with Crippen LogP contribution in [0.25, 0.3) is 0 Å². The zero-order valence-electron chi connectivity index (χ0n) is 11.5. The average Bonchev–Trinajstić information content (AvgIpc) is 2.30. The molecule has 4 heteroatoms. The molecule has 0 saturated heterocycles. The smallest absolute Gasteiger partial charge is 0.318 e. The summed E-state index contributed by atoms with van der Waals surface area (Å²) in [5.41, 5.74) is 0.556.